The van der Waals surface area contributed by atoms with Gasteiger partial charge in [-0.3, -0.25) is 4.99 Å². The van der Waals surface area contributed by atoms with Crippen molar-refractivity contribution in [2.75, 3.05) is 26.4 Å². The fraction of sp³-hybridized carbons (Fsp3) is 0.389. The number of thiophene rings is 1. The van der Waals surface area contributed by atoms with E-state index in [1.165, 1.54) is 11.8 Å². The van der Waals surface area contributed by atoms with E-state index in [4.69, 9.17) is 0 Å². The predicted octanol–water partition coefficient (Wildman–Crippen LogP) is 2.66. The van der Waals surface area contributed by atoms with Crippen molar-refractivity contribution < 1.29 is 8.42 Å². The molecule has 0 aliphatic rings. The highest BCUT2D eigenvalue weighted by Gasteiger charge is 2.08. The normalized spacial score (nSPS) is 13.5. The molecule has 2 N–H and O–H groups in total. The second kappa shape index (κ2) is 9.01. The van der Waals surface area contributed by atoms with E-state index in [9.17, 15) is 8.42 Å². The Kier molecular flexibility index (Phi) is 7.01. The van der Waals surface area contributed by atoms with Crippen LogP contribution >= 0.6 is 11.3 Å². The summed E-state index contributed by atoms with van der Waals surface area (Å²) < 4.78 is 22.9. The number of hydrogen-bond donors (Lipinski definition) is 2. The van der Waals surface area contributed by atoms with Crippen molar-refractivity contribution >= 4 is 27.1 Å². The topological polar surface area (TPSA) is 70.6 Å². The van der Waals surface area contributed by atoms with Crippen molar-refractivity contribution in [2.45, 2.75) is 24.2 Å². The fourth-order valence-electron chi connectivity index (χ4n) is 2.37. The molecule has 0 fully saturated rings. The van der Waals surface area contributed by atoms with Gasteiger partial charge in [-0.15, -0.1) is 0 Å². The fourth-order valence-corrected chi connectivity index (χ4v) is 3.78. The van der Waals surface area contributed by atoms with Gasteiger partial charge in [-0.2, -0.15) is 11.3 Å². The number of aliphatic imine (C=N–C) groups is 1. The summed E-state index contributed by atoms with van der Waals surface area (Å²) in [6.45, 7) is 3.73. The molecule has 0 aliphatic heterocycles. The lowest BCUT2D eigenvalue weighted by Gasteiger charge is -2.15. The van der Waals surface area contributed by atoms with Crippen LogP contribution in [0.5, 0.6) is 0 Å². The Morgan fingerprint density at radius 3 is 2.48 bits per heavy atom. The average Bonchev–Trinajstić information content (AvgIpc) is 3.12. The molecule has 0 saturated heterocycles. The van der Waals surface area contributed by atoms with Crippen LogP contribution in [0.1, 0.15) is 24.0 Å². The van der Waals surface area contributed by atoms with Gasteiger partial charge in [0.25, 0.3) is 0 Å². The van der Waals surface area contributed by atoms with Crippen molar-refractivity contribution in [3.63, 3.8) is 0 Å². The van der Waals surface area contributed by atoms with Gasteiger partial charge >= 0.3 is 0 Å². The molecule has 0 saturated carbocycles. The predicted molar refractivity (Wildman–Crippen MR) is 105 cm³/mol. The summed E-state index contributed by atoms with van der Waals surface area (Å²) in [6, 6.07) is 9.16. The highest BCUT2D eigenvalue weighted by Crippen LogP contribution is 2.17. The summed E-state index contributed by atoms with van der Waals surface area (Å²) in [4.78, 5) is 4.59. The molecule has 5 nitrogen and oxygen atoms in total. The summed E-state index contributed by atoms with van der Waals surface area (Å²) in [5.41, 5.74) is 2.42. The number of rotatable bonds is 7. The van der Waals surface area contributed by atoms with Gasteiger partial charge in [0.15, 0.2) is 15.8 Å². The Balaban J connectivity index is 1.77. The Labute approximate surface area is 154 Å². The van der Waals surface area contributed by atoms with Crippen molar-refractivity contribution in [2.24, 2.45) is 4.99 Å². The van der Waals surface area contributed by atoms with Crippen LogP contribution in [0.3, 0.4) is 0 Å². The second-order valence-electron chi connectivity index (χ2n) is 6.00. The zero-order valence-electron chi connectivity index (χ0n) is 14.8. The Morgan fingerprint density at radius 1 is 1.20 bits per heavy atom. The van der Waals surface area contributed by atoms with E-state index < -0.39 is 9.84 Å². The molecule has 136 valence electrons. The standard InChI is InChI=1S/C18H25N3O2S2/c1-14(16-9-11-24-13-16)12-21-18(19-2)20-10-8-15-4-6-17(7-5-15)25(3,22)23/h4-7,9,11,13-14H,8,10,12H2,1-3H3,(H2,19,20,21). The van der Waals surface area contributed by atoms with Crippen molar-refractivity contribution in [3.05, 3.63) is 52.2 Å². The lowest BCUT2D eigenvalue weighted by atomic mass is 10.1. The SMILES string of the molecule is CN=C(NCCc1ccc(S(C)(=O)=O)cc1)NCC(C)c1ccsc1. The van der Waals surface area contributed by atoms with Crippen LogP contribution in [0.25, 0.3) is 0 Å². The minimum atomic E-state index is -3.14. The molecule has 25 heavy (non-hydrogen) atoms. The number of benzene rings is 1. The Hall–Kier alpha value is -1.86. The zero-order valence-corrected chi connectivity index (χ0v) is 16.5. The first kappa shape index (κ1) is 19.5. The van der Waals surface area contributed by atoms with Crippen LogP contribution in [-0.4, -0.2) is 40.8 Å². The first-order valence-electron chi connectivity index (χ1n) is 8.15. The highest BCUT2D eigenvalue weighted by atomic mass is 32.2. The molecule has 7 heteroatoms. The number of hydrogen-bond acceptors (Lipinski definition) is 4. The van der Waals surface area contributed by atoms with E-state index in [1.807, 2.05) is 12.1 Å². The Morgan fingerprint density at radius 2 is 1.92 bits per heavy atom. The van der Waals surface area contributed by atoms with Crippen LogP contribution in [-0.2, 0) is 16.3 Å². The maximum absolute atomic E-state index is 11.5. The summed E-state index contributed by atoms with van der Waals surface area (Å²) in [5.74, 6) is 1.20. The van der Waals surface area contributed by atoms with E-state index in [-0.39, 0.29) is 0 Å². The van der Waals surface area contributed by atoms with Gasteiger partial charge in [0.1, 0.15) is 0 Å². The number of nitrogens with one attached hydrogen (secondary N) is 2. The van der Waals surface area contributed by atoms with Crippen LogP contribution in [0.2, 0.25) is 0 Å². The third-order valence-corrected chi connectivity index (χ3v) is 5.80. The first-order valence-corrected chi connectivity index (χ1v) is 11.0. The largest absolute Gasteiger partial charge is 0.356 e. The molecular formula is C18H25N3O2S2. The first-order chi connectivity index (χ1) is 11.9. The summed E-state index contributed by atoms with van der Waals surface area (Å²) in [5, 5.41) is 10.9. The molecule has 1 atom stereocenters. The molecule has 0 spiro atoms. The molecule has 2 rings (SSSR count). The summed E-state index contributed by atoms with van der Waals surface area (Å²) in [7, 11) is -1.38. The molecular weight excluding hydrogens is 354 g/mol. The van der Waals surface area contributed by atoms with Gasteiger partial charge in [0.2, 0.25) is 0 Å². The monoisotopic (exact) mass is 379 g/mol. The van der Waals surface area contributed by atoms with Crippen LogP contribution in [0, 0.1) is 0 Å². The van der Waals surface area contributed by atoms with Crippen molar-refractivity contribution in [1.82, 2.24) is 10.6 Å². The number of nitrogens with zero attached hydrogens (tertiary/aromatic N) is 1. The number of sulfone groups is 1. The Bertz CT molecular complexity index is 782. The third kappa shape index (κ3) is 6.17. The molecule has 0 aliphatic carbocycles. The van der Waals surface area contributed by atoms with E-state index in [0.29, 0.717) is 10.8 Å². The maximum Gasteiger partial charge on any atom is 0.191 e. The van der Waals surface area contributed by atoms with Gasteiger partial charge < -0.3 is 10.6 Å². The van der Waals surface area contributed by atoms with E-state index >= 15 is 0 Å². The number of guanidine groups is 1. The molecule has 1 heterocycles. The summed E-state index contributed by atoms with van der Waals surface area (Å²) in [6.07, 6.45) is 2.02. The average molecular weight is 380 g/mol. The molecule has 1 aromatic carbocycles. The third-order valence-electron chi connectivity index (χ3n) is 3.97. The molecule has 0 amide bonds. The van der Waals surface area contributed by atoms with E-state index in [0.717, 1.165) is 31.0 Å². The zero-order chi connectivity index (χ0) is 18.3. The van der Waals surface area contributed by atoms with Gasteiger partial charge in [0, 0.05) is 26.4 Å². The summed E-state index contributed by atoms with van der Waals surface area (Å²) >= 11 is 1.71. The van der Waals surface area contributed by atoms with Gasteiger partial charge in [0.05, 0.1) is 4.90 Å². The minimum absolute atomic E-state index is 0.351. The quantitative estimate of drug-likeness (QED) is 0.573. The smallest absolute Gasteiger partial charge is 0.191 e. The van der Waals surface area contributed by atoms with Gasteiger partial charge in [-0.25, -0.2) is 8.42 Å². The molecule has 0 bridgehead atoms. The van der Waals surface area contributed by atoms with E-state index in [2.05, 4.69) is 39.4 Å². The van der Waals surface area contributed by atoms with Crippen molar-refractivity contribution in [3.8, 4) is 0 Å². The lowest BCUT2D eigenvalue weighted by molar-refractivity contribution is 0.602. The second-order valence-corrected chi connectivity index (χ2v) is 8.80. The van der Waals surface area contributed by atoms with Crippen LogP contribution in [0.4, 0.5) is 0 Å². The van der Waals surface area contributed by atoms with Crippen LogP contribution < -0.4 is 10.6 Å². The van der Waals surface area contributed by atoms with Crippen molar-refractivity contribution in [1.29, 1.82) is 0 Å². The van der Waals surface area contributed by atoms with E-state index in [1.54, 1.807) is 30.5 Å². The van der Waals surface area contributed by atoms with Gasteiger partial charge in [-0.1, -0.05) is 19.1 Å². The molecule has 1 aromatic heterocycles. The molecule has 1 unspecified atom stereocenters. The minimum Gasteiger partial charge on any atom is -0.356 e. The maximum atomic E-state index is 11.5. The van der Waals surface area contributed by atoms with Crippen LogP contribution in [0.15, 0.2) is 51.0 Å². The van der Waals surface area contributed by atoms with Gasteiger partial charge in [-0.05, 0) is 52.4 Å². The lowest BCUT2D eigenvalue weighted by Crippen LogP contribution is -2.39. The molecule has 0 radical (unpaired) electrons. The highest BCUT2D eigenvalue weighted by molar-refractivity contribution is 7.90. The molecule has 2 aromatic rings.